The lowest BCUT2D eigenvalue weighted by Gasteiger charge is -2.09. The molecular weight excluding hydrogens is 202 g/mol. The maximum Gasteiger partial charge on any atom is 0.307 e. The molecule has 0 radical (unpaired) electrons. The number of hydrogen-bond acceptors (Lipinski definition) is 3. The van der Waals surface area contributed by atoms with Crippen LogP contribution in [-0.2, 0) is 9.59 Å². The molecule has 4 nitrogen and oxygen atoms in total. The van der Waals surface area contributed by atoms with E-state index in [1.807, 2.05) is 13.2 Å². The van der Waals surface area contributed by atoms with Crippen LogP contribution in [0.15, 0.2) is 0 Å². The minimum Gasteiger partial charge on any atom is -0.481 e. The van der Waals surface area contributed by atoms with Crippen molar-refractivity contribution in [3.63, 3.8) is 0 Å². The van der Waals surface area contributed by atoms with Crippen LogP contribution >= 0.6 is 11.8 Å². The van der Waals surface area contributed by atoms with Crippen LogP contribution in [0.3, 0.4) is 0 Å². The monoisotopic (exact) mass is 217 g/mol. The summed E-state index contributed by atoms with van der Waals surface area (Å²) in [6.45, 7) is 2.63. The predicted octanol–water partition coefficient (Wildman–Crippen LogP) is 0.575. The van der Waals surface area contributed by atoms with Gasteiger partial charge in [0.25, 0.3) is 0 Å². The van der Waals surface area contributed by atoms with Gasteiger partial charge in [0.2, 0.25) is 5.91 Å². The number of carboxylic acid groups (broad SMARTS) is 1. The van der Waals surface area contributed by atoms with Crippen molar-refractivity contribution in [2.24, 2.45) is 11.8 Å². The molecule has 3 atom stereocenters. The van der Waals surface area contributed by atoms with E-state index in [1.165, 1.54) is 0 Å². The molecule has 0 bridgehead atoms. The fourth-order valence-electron chi connectivity index (χ4n) is 1.22. The Labute approximate surface area is 87.4 Å². The van der Waals surface area contributed by atoms with Gasteiger partial charge < -0.3 is 10.4 Å². The molecule has 2 N–H and O–H groups in total. The second kappa shape index (κ2) is 4.68. The molecule has 3 unspecified atom stereocenters. The van der Waals surface area contributed by atoms with E-state index in [-0.39, 0.29) is 11.8 Å². The number of hydrogen-bond donors (Lipinski definition) is 2. The van der Waals surface area contributed by atoms with Crippen LogP contribution in [0.1, 0.15) is 13.3 Å². The van der Waals surface area contributed by atoms with Crippen molar-refractivity contribution in [1.82, 2.24) is 5.32 Å². The van der Waals surface area contributed by atoms with E-state index >= 15 is 0 Å². The van der Waals surface area contributed by atoms with E-state index in [2.05, 4.69) is 5.32 Å². The molecule has 14 heavy (non-hydrogen) atoms. The topological polar surface area (TPSA) is 66.4 Å². The smallest absolute Gasteiger partial charge is 0.307 e. The van der Waals surface area contributed by atoms with Gasteiger partial charge in [0.15, 0.2) is 0 Å². The minimum atomic E-state index is -0.858. The van der Waals surface area contributed by atoms with Crippen molar-refractivity contribution in [3.8, 4) is 0 Å². The van der Waals surface area contributed by atoms with Gasteiger partial charge in [-0.15, -0.1) is 0 Å². The summed E-state index contributed by atoms with van der Waals surface area (Å²) < 4.78 is 0. The highest BCUT2D eigenvalue weighted by atomic mass is 32.2. The molecule has 1 fully saturated rings. The van der Waals surface area contributed by atoms with Gasteiger partial charge >= 0.3 is 5.97 Å². The number of thioether (sulfide) groups is 1. The van der Waals surface area contributed by atoms with E-state index in [4.69, 9.17) is 5.11 Å². The minimum absolute atomic E-state index is 0.113. The Morgan fingerprint density at radius 1 is 1.57 bits per heavy atom. The van der Waals surface area contributed by atoms with Crippen LogP contribution in [0.25, 0.3) is 0 Å². The van der Waals surface area contributed by atoms with Gasteiger partial charge in [-0.05, 0) is 12.7 Å². The first-order chi connectivity index (χ1) is 6.56. The molecule has 1 saturated carbocycles. The maximum atomic E-state index is 11.4. The third-order valence-corrected chi connectivity index (χ3v) is 3.38. The second-order valence-corrected chi connectivity index (χ2v) is 4.85. The summed E-state index contributed by atoms with van der Waals surface area (Å²) in [7, 11) is 0. The first kappa shape index (κ1) is 11.4. The van der Waals surface area contributed by atoms with Gasteiger partial charge in [-0.2, -0.15) is 11.8 Å². The molecule has 1 aliphatic carbocycles. The lowest BCUT2D eigenvalue weighted by molar-refractivity contribution is -0.140. The number of carbonyl (C=O) groups is 2. The Morgan fingerprint density at radius 3 is 2.64 bits per heavy atom. The predicted molar refractivity (Wildman–Crippen MR) is 55.2 cm³/mol. The van der Waals surface area contributed by atoms with Gasteiger partial charge in [-0.3, -0.25) is 9.59 Å². The molecule has 80 valence electrons. The molecule has 0 heterocycles. The first-order valence-corrected chi connectivity index (χ1v) is 5.88. The Hall–Kier alpha value is -0.710. The maximum absolute atomic E-state index is 11.4. The largest absolute Gasteiger partial charge is 0.481 e. The second-order valence-electron chi connectivity index (χ2n) is 3.58. The van der Waals surface area contributed by atoms with Gasteiger partial charge in [-0.25, -0.2) is 0 Å². The fraction of sp³-hybridized carbons (Fsp3) is 0.778. The molecule has 0 aromatic carbocycles. The molecule has 0 aliphatic heterocycles. The highest BCUT2D eigenvalue weighted by Crippen LogP contribution is 2.38. The number of amides is 1. The standard InChI is InChI=1S/C9H15NO3S/c1-5(14-2)4-10-8(11)6-3-7(6)9(12)13/h5-7H,3-4H2,1-2H3,(H,10,11)(H,12,13). The van der Waals surface area contributed by atoms with Crippen LogP contribution in [0.4, 0.5) is 0 Å². The Bertz CT molecular complexity index is 244. The summed E-state index contributed by atoms with van der Waals surface area (Å²) in [5, 5.41) is 11.7. The van der Waals surface area contributed by atoms with Gasteiger partial charge in [-0.1, -0.05) is 6.92 Å². The summed E-state index contributed by atoms with van der Waals surface area (Å²) in [5.41, 5.74) is 0. The van der Waals surface area contributed by atoms with Crippen LogP contribution in [0.5, 0.6) is 0 Å². The normalized spacial score (nSPS) is 26.7. The molecule has 5 heteroatoms. The molecule has 0 saturated heterocycles. The molecule has 1 aliphatic rings. The molecule has 1 rings (SSSR count). The summed E-state index contributed by atoms with van der Waals surface area (Å²) in [6, 6.07) is 0. The summed E-state index contributed by atoms with van der Waals surface area (Å²) in [5.74, 6) is -1.71. The fourth-order valence-corrected chi connectivity index (χ4v) is 1.47. The summed E-state index contributed by atoms with van der Waals surface area (Å²) in [4.78, 5) is 21.8. The van der Waals surface area contributed by atoms with E-state index in [0.29, 0.717) is 18.2 Å². The zero-order valence-corrected chi connectivity index (χ0v) is 9.13. The number of carbonyl (C=O) groups excluding carboxylic acids is 1. The number of carboxylic acids is 1. The molecule has 0 aromatic rings. The lowest BCUT2D eigenvalue weighted by Crippen LogP contribution is -2.31. The van der Waals surface area contributed by atoms with Gasteiger partial charge in [0.1, 0.15) is 0 Å². The SMILES string of the molecule is CSC(C)CNC(=O)C1CC1C(=O)O. The van der Waals surface area contributed by atoms with Crippen molar-refractivity contribution in [2.45, 2.75) is 18.6 Å². The number of aliphatic carboxylic acids is 1. The molecule has 0 aromatic heterocycles. The number of rotatable bonds is 5. The van der Waals surface area contributed by atoms with E-state index < -0.39 is 11.9 Å². The third-order valence-electron chi connectivity index (χ3n) is 2.41. The zero-order chi connectivity index (χ0) is 10.7. The number of nitrogens with one attached hydrogen (secondary N) is 1. The van der Waals surface area contributed by atoms with Crippen molar-refractivity contribution in [3.05, 3.63) is 0 Å². The Morgan fingerprint density at radius 2 is 2.21 bits per heavy atom. The van der Waals surface area contributed by atoms with Crippen molar-refractivity contribution in [1.29, 1.82) is 0 Å². The molecule has 1 amide bonds. The average molecular weight is 217 g/mol. The highest BCUT2D eigenvalue weighted by molar-refractivity contribution is 7.99. The molecular formula is C9H15NO3S. The van der Waals surface area contributed by atoms with Crippen molar-refractivity contribution in [2.75, 3.05) is 12.8 Å². The van der Waals surface area contributed by atoms with Crippen LogP contribution in [0.2, 0.25) is 0 Å². The summed E-state index contributed by atoms with van der Waals surface area (Å²) >= 11 is 1.67. The van der Waals surface area contributed by atoms with Crippen LogP contribution < -0.4 is 5.32 Å². The van der Waals surface area contributed by atoms with E-state index in [1.54, 1.807) is 11.8 Å². The van der Waals surface area contributed by atoms with Crippen LogP contribution in [-0.4, -0.2) is 35.0 Å². The lowest BCUT2D eigenvalue weighted by atomic mass is 10.3. The first-order valence-electron chi connectivity index (χ1n) is 4.59. The van der Waals surface area contributed by atoms with E-state index in [0.717, 1.165) is 0 Å². The Kier molecular flexibility index (Phi) is 3.80. The summed E-state index contributed by atoms with van der Waals surface area (Å²) in [6.07, 6.45) is 2.48. The average Bonchev–Trinajstić information content (AvgIpc) is 2.92. The molecule has 0 spiro atoms. The quantitative estimate of drug-likeness (QED) is 0.706. The van der Waals surface area contributed by atoms with E-state index in [9.17, 15) is 9.59 Å². The van der Waals surface area contributed by atoms with Crippen molar-refractivity contribution >= 4 is 23.6 Å². The zero-order valence-electron chi connectivity index (χ0n) is 8.32. The highest BCUT2D eigenvalue weighted by Gasteiger charge is 2.48. The van der Waals surface area contributed by atoms with Crippen molar-refractivity contribution < 1.29 is 14.7 Å². The Balaban J connectivity index is 2.21. The van der Waals surface area contributed by atoms with Gasteiger partial charge in [0.05, 0.1) is 11.8 Å². The van der Waals surface area contributed by atoms with Gasteiger partial charge in [0, 0.05) is 11.8 Å². The van der Waals surface area contributed by atoms with Crippen LogP contribution in [0, 0.1) is 11.8 Å². The third kappa shape index (κ3) is 2.90.